The molecule has 156 valence electrons. The number of amides is 1. The average molecular weight is 398 g/mol. The van der Waals surface area contributed by atoms with Gasteiger partial charge in [0.1, 0.15) is 0 Å². The van der Waals surface area contributed by atoms with Gasteiger partial charge in [-0.15, -0.1) is 0 Å². The van der Waals surface area contributed by atoms with Gasteiger partial charge in [-0.3, -0.25) is 9.48 Å². The number of carboxylic acid groups (broad SMARTS) is 1. The summed E-state index contributed by atoms with van der Waals surface area (Å²) in [5, 5.41) is 14.0. The summed E-state index contributed by atoms with van der Waals surface area (Å²) >= 11 is 0. The lowest BCUT2D eigenvalue weighted by Crippen LogP contribution is -2.39. The summed E-state index contributed by atoms with van der Waals surface area (Å²) in [6.07, 6.45) is 4.50. The molecule has 1 N–H and O–H groups in total. The number of hydrogen-bond acceptors (Lipinski definition) is 3. The molecule has 0 spiro atoms. The number of carbonyl (C=O) groups is 2. The third-order valence-corrected chi connectivity index (χ3v) is 6.09. The van der Waals surface area contributed by atoms with Gasteiger partial charge in [0.15, 0.2) is 5.69 Å². The summed E-state index contributed by atoms with van der Waals surface area (Å²) < 4.78 is 1.99. The fraction of sp³-hybridized carbons (Fsp3) is 0.522. The minimum atomic E-state index is -0.878. The van der Waals surface area contributed by atoms with Crippen LogP contribution in [0.5, 0.6) is 0 Å². The molecule has 1 aromatic heterocycles. The van der Waals surface area contributed by atoms with E-state index in [4.69, 9.17) is 0 Å². The minimum Gasteiger partial charge on any atom is -0.478 e. The summed E-state index contributed by atoms with van der Waals surface area (Å²) in [5.74, 6) is -0.484. The van der Waals surface area contributed by atoms with Gasteiger partial charge in [-0.1, -0.05) is 32.0 Å². The molecule has 6 heteroatoms. The van der Waals surface area contributed by atoms with Gasteiger partial charge in [-0.25, -0.2) is 4.79 Å². The fourth-order valence-corrected chi connectivity index (χ4v) is 4.32. The van der Waals surface area contributed by atoms with Crippen LogP contribution in [0.15, 0.2) is 30.3 Å². The van der Waals surface area contributed by atoms with Gasteiger partial charge in [0.25, 0.3) is 5.91 Å². The van der Waals surface area contributed by atoms with Crippen molar-refractivity contribution in [1.82, 2.24) is 14.7 Å². The van der Waals surface area contributed by atoms with Crippen LogP contribution < -0.4 is 0 Å². The highest BCUT2D eigenvalue weighted by molar-refractivity contribution is 5.92. The van der Waals surface area contributed by atoms with E-state index in [2.05, 4.69) is 18.9 Å². The third kappa shape index (κ3) is 4.69. The number of carbonyl (C=O) groups excluding carboxylic acids is 1. The zero-order valence-corrected chi connectivity index (χ0v) is 17.6. The molecule has 2 heterocycles. The molecule has 0 atom stereocenters. The second-order valence-electron chi connectivity index (χ2n) is 7.99. The second kappa shape index (κ2) is 9.25. The molecule has 0 radical (unpaired) electrons. The van der Waals surface area contributed by atoms with Crippen molar-refractivity contribution >= 4 is 11.9 Å². The molecule has 0 unspecified atom stereocenters. The van der Waals surface area contributed by atoms with Gasteiger partial charge in [0, 0.05) is 18.8 Å². The summed E-state index contributed by atoms with van der Waals surface area (Å²) in [4.78, 5) is 26.3. The molecule has 1 aliphatic heterocycles. The van der Waals surface area contributed by atoms with Crippen LogP contribution in [0.2, 0.25) is 0 Å². The van der Waals surface area contributed by atoms with Gasteiger partial charge >= 0.3 is 5.97 Å². The molecule has 0 aliphatic carbocycles. The number of likely N-dealkylation sites (tertiary alicyclic amines) is 1. The third-order valence-electron chi connectivity index (χ3n) is 6.09. The molecule has 29 heavy (non-hydrogen) atoms. The lowest BCUT2D eigenvalue weighted by molar-refractivity contribution is 0.0683. The first-order valence-corrected chi connectivity index (χ1v) is 10.6. The maximum Gasteiger partial charge on any atom is 0.335 e. The quantitative estimate of drug-likeness (QED) is 0.754. The van der Waals surface area contributed by atoms with Crippen LogP contribution in [0.1, 0.15) is 77.7 Å². The van der Waals surface area contributed by atoms with Crippen molar-refractivity contribution < 1.29 is 14.7 Å². The van der Waals surface area contributed by atoms with Crippen molar-refractivity contribution in [1.29, 1.82) is 0 Å². The maximum atomic E-state index is 12.9. The predicted octanol–water partition coefficient (Wildman–Crippen LogP) is 4.35. The molecule has 1 fully saturated rings. The minimum absolute atomic E-state index is 0.00203. The van der Waals surface area contributed by atoms with Crippen LogP contribution in [0, 0.1) is 12.8 Å². The van der Waals surface area contributed by atoms with Crippen LogP contribution in [-0.2, 0) is 6.42 Å². The average Bonchev–Trinajstić information content (AvgIpc) is 3.11. The molecule has 6 nitrogen and oxygen atoms in total. The zero-order chi connectivity index (χ0) is 21.0. The number of carboxylic acids is 1. The second-order valence-corrected chi connectivity index (χ2v) is 7.99. The molecule has 1 saturated heterocycles. The monoisotopic (exact) mass is 397 g/mol. The maximum absolute atomic E-state index is 12.9. The van der Waals surface area contributed by atoms with E-state index in [1.807, 2.05) is 34.7 Å². The summed E-state index contributed by atoms with van der Waals surface area (Å²) in [7, 11) is 0. The summed E-state index contributed by atoms with van der Waals surface area (Å²) in [6, 6.07) is 9.44. The van der Waals surface area contributed by atoms with E-state index in [0.29, 0.717) is 36.3 Å². The van der Waals surface area contributed by atoms with Crippen LogP contribution in [0.3, 0.4) is 0 Å². The number of aryl methyl sites for hydroxylation is 1. The number of hydrogen-bond donors (Lipinski definition) is 1. The molecular formula is C23H31N3O3. The highest BCUT2D eigenvalue weighted by Gasteiger charge is 2.27. The van der Waals surface area contributed by atoms with Crippen LogP contribution >= 0.6 is 0 Å². The van der Waals surface area contributed by atoms with E-state index in [1.165, 1.54) is 0 Å². The molecule has 0 saturated carbocycles. The molecule has 3 rings (SSSR count). The van der Waals surface area contributed by atoms with Crippen LogP contribution in [0.4, 0.5) is 0 Å². The normalized spacial score (nSPS) is 15.1. The summed E-state index contributed by atoms with van der Waals surface area (Å²) in [6.45, 7) is 7.67. The van der Waals surface area contributed by atoms with Gasteiger partial charge in [0.05, 0.1) is 11.6 Å². The van der Waals surface area contributed by atoms with E-state index in [0.717, 1.165) is 43.4 Å². The smallest absolute Gasteiger partial charge is 0.335 e. The molecule has 1 aliphatic rings. The highest BCUT2D eigenvalue weighted by Crippen LogP contribution is 2.25. The van der Waals surface area contributed by atoms with Crippen molar-refractivity contribution in [2.24, 2.45) is 5.92 Å². The first kappa shape index (κ1) is 21.1. The molecule has 1 amide bonds. The number of benzene rings is 1. The Balaban J connectivity index is 1.62. The van der Waals surface area contributed by atoms with Crippen molar-refractivity contribution in [2.45, 2.75) is 58.9 Å². The standard InChI is InChI=1S/C23H31N3O3/c1-4-19(5-2)26-16(3)14-21(24-26)22(27)25-12-10-17(11-13-25)15-18-8-6-7-9-20(18)23(28)29/h6-9,14,17,19H,4-5,10-13,15H2,1-3H3,(H,28,29). The van der Waals surface area contributed by atoms with E-state index < -0.39 is 5.97 Å². The van der Waals surface area contributed by atoms with Crippen molar-refractivity contribution in [3.63, 3.8) is 0 Å². The Hall–Kier alpha value is -2.63. The highest BCUT2D eigenvalue weighted by atomic mass is 16.4. The molecule has 1 aromatic carbocycles. The van der Waals surface area contributed by atoms with Gasteiger partial charge < -0.3 is 10.0 Å². The van der Waals surface area contributed by atoms with Crippen LogP contribution in [0.25, 0.3) is 0 Å². The molecule has 0 bridgehead atoms. The largest absolute Gasteiger partial charge is 0.478 e. The Kier molecular flexibility index (Phi) is 6.72. The Morgan fingerprint density at radius 2 is 1.83 bits per heavy atom. The van der Waals surface area contributed by atoms with Crippen molar-refractivity contribution in [3.05, 3.63) is 52.8 Å². The van der Waals surface area contributed by atoms with E-state index >= 15 is 0 Å². The number of aromatic carboxylic acids is 1. The summed E-state index contributed by atoms with van der Waals surface area (Å²) in [5.41, 5.74) is 2.82. The lowest BCUT2D eigenvalue weighted by Gasteiger charge is -2.31. The van der Waals surface area contributed by atoms with E-state index in [1.54, 1.807) is 12.1 Å². The van der Waals surface area contributed by atoms with Gasteiger partial charge in [-0.2, -0.15) is 5.10 Å². The Morgan fingerprint density at radius 3 is 2.45 bits per heavy atom. The number of rotatable bonds is 7. The predicted molar refractivity (Wildman–Crippen MR) is 112 cm³/mol. The van der Waals surface area contributed by atoms with Crippen molar-refractivity contribution in [2.75, 3.05) is 13.1 Å². The van der Waals surface area contributed by atoms with Crippen LogP contribution in [-0.4, -0.2) is 44.8 Å². The number of aromatic nitrogens is 2. The van der Waals surface area contributed by atoms with E-state index in [-0.39, 0.29) is 5.91 Å². The van der Waals surface area contributed by atoms with E-state index in [9.17, 15) is 14.7 Å². The first-order valence-electron chi connectivity index (χ1n) is 10.6. The zero-order valence-electron chi connectivity index (χ0n) is 17.6. The lowest BCUT2D eigenvalue weighted by atomic mass is 9.88. The first-order chi connectivity index (χ1) is 13.9. The van der Waals surface area contributed by atoms with Gasteiger partial charge in [-0.05, 0) is 62.6 Å². The molecular weight excluding hydrogens is 366 g/mol. The van der Waals surface area contributed by atoms with Crippen molar-refractivity contribution in [3.8, 4) is 0 Å². The Bertz CT molecular complexity index is 862. The van der Waals surface area contributed by atoms with Gasteiger partial charge in [0.2, 0.25) is 0 Å². The molecule has 2 aromatic rings. The number of nitrogens with zero attached hydrogens (tertiary/aromatic N) is 3. The number of piperidine rings is 1. The topological polar surface area (TPSA) is 75.4 Å². The fourth-order valence-electron chi connectivity index (χ4n) is 4.32. The Morgan fingerprint density at radius 1 is 1.17 bits per heavy atom. The SMILES string of the molecule is CCC(CC)n1nc(C(=O)N2CCC(Cc3ccccc3C(=O)O)CC2)cc1C. The Labute approximate surface area is 172 Å².